The highest BCUT2D eigenvalue weighted by Crippen LogP contribution is 2.15. The maximum absolute atomic E-state index is 11.7. The molecule has 2 N–H and O–H groups in total. The van der Waals surface area contributed by atoms with Crippen molar-refractivity contribution in [2.75, 3.05) is 13.7 Å². The lowest BCUT2D eigenvalue weighted by Gasteiger charge is -2.25. The monoisotopic (exact) mass is 291 g/mol. The number of hydrogen-bond acceptors (Lipinski definition) is 3. The second kappa shape index (κ2) is 7.84. The second-order valence-electron chi connectivity index (χ2n) is 5.92. The first-order valence-electron chi connectivity index (χ1n) is 7.15. The van der Waals surface area contributed by atoms with Crippen LogP contribution in [0.1, 0.15) is 32.8 Å². The normalized spacial score (nSPS) is 14.2. The van der Waals surface area contributed by atoms with Gasteiger partial charge >= 0.3 is 0 Å². The third-order valence-electron chi connectivity index (χ3n) is 3.03. The lowest BCUT2D eigenvalue weighted by Crippen LogP contribution is -2.40. The van der Waals surface area contributed by atoms with Crippen molar-refractivity contribution in [1.82, 2.24) is 5.32 Å². The molecule has 21 heavy (non-hydrogen) atoms. The number of amides is 1. The van der Waals surface area contributed by atoms with Crippen LogP contribution in [0.3, 0.4) is 0 Å². The number of carbonyl (C=O) groups is 1. The lowest BCUT2D eigenvalue weighted by atomic mass is 9.94. The second-order valence-corrected chi connectivity index (χ2v) is 5.92. The molecule has 1 atom stereocenters. The van der Waals surface area contributed by atoms with E-state index in [-0.39, 0.29) is 12.5 Å². The minimum absolute atomic E-state index is 0.213. The van der Waals surface area contributed by atoms with Crippen LogP contribution in [0.2, 0.25) is 0 Å². The number of carbonyl (C=O) groups excluding carboxylic acids is 1. The summed E-state index contributed by atoms with van der Waals surface area (Å²) in [4.78, 5) is 11.7. The molecule has 0 radical (unpaired) electrons. The highest BCUT2D eigenvalue weighted by atomic mass is 16.5. The summed E-state index contributed by atoms with van der Waals surface area (Å²) in [5.41, 5.74) is 0.0394. The Hall–Kier alpha value is -1.81. The predicted molar refractivity (Wildman–Crippen MR) is 85.1 cm³/mol. The Morgan fingerprint density at radius 3 is 2.52 bits per heavy atom. The molecule has 0 saturated carbocycles. The summed E-state index contributed by atoms with van der Waals surface area (Å²) in [5, 5.41) is 12.8. The van der Waals surface area contributed by atoms with Crippen molar-refractivity contribution in [1.29, 1.82) is 0 Å². The van der Waals surface area contributed by atoms with Crippen LogP contribution >= 0.6 is 0 Å². The van der Waals surface area contributed by atoms with Crippen molar-refractivity contribution in [3.8, 4) is 5.75 Å². The lowest BCUT2D eigenvalue weighted by molar-refractivity contribution is -0.117. The van der Waals surface area contributed by atoms with Gasteiger partial charge in [-0.15, -0.1) is 0 Å². The van der Waals surface area contributed by atoms with Crippen LogP contribution in [0, 0.1) is 5.92 Å². The Kier molecular flexibility index (Phi) is 6.43. The maximum atomic E-state index is 11.7. The number of rotatable bonds is 7. The highest BCUT2D eigenvalue weighted by molar-refractivity contribution is 5.91. The van der Waals surface area contributed by atoms with Gasteiger partial charge in [0.15, 0.2) is 0 Å². The highest BCUT2D eigenvalue weighted by Gasteiger charge is 2.21. The van der Waals surface area contributed by atoms with E-state index in [1.165, 1.54) is 6.08 Å². The van der Waals surface area contributed by atoms with E-state index in [2.05, 4.69) is 5.32 Å². The Morgan fingerprint density at radius 2 is 2.00 bits per heavy atom. The molecule has 1 aromatic carbocycles. The summed E-state index contributed by atoms with van der Waals surface area (Å²) in [7, 11) is 1.61. The van der Waals surface area contributed by atoms with Crippen molar-refractivity contribution in [3.63, 3.8) is 0 Å². The summed E-state index contributed by atoms with van der Waals surface area (Å²) in [5.74, 6) is 0.947. The first-order valence-corrected chi connectivity index (χ1v) is 7.15. The quantitative estimate of drug-likeness (QED) is 0.759. The Morgan fingerprint density at radius 1 is 1.38 bits per heavy atom. The third kappa shape index (κ3) is 6.95. The third-order valence-corrected chi connectivity index (χ3v) is 3.03. The molecule has 4 heteroatoms. The number of aliphatic hydroxyl groups is 1. The van der Waals surface area contributed by atoms with E-state index in [1.807, 2.05) is 38.1 Å². The number of ether oxygens (including phenoxy) is 1. The standard InChI is InChI=1S/C17H25NO3/c1-13(2)11-17(3,20)12-18-16(19)10-7-14-5-8-15(21-4)9-6-14/h5-10,13,20H,11-12H2,1-4H3,(H,18,19). The van der Waals surface area contributed by atoms with Crippen LogP contribution < -0.4 is 10.1 Å². The number of nitrogens with one attached hydrogen (secondary N) is 1. The smallest absolute Gasteiger partial charge is 0.244 e. The summed E-state index contributed by atoms with van der Waals surface area (Å²) in [6.07, 6.45) is 3.84. The van der Waals surface area contributed by atoms with E-state index in [4.69, 9.17) is 4.74 Å². The number of methoxy groups -OCH3 is 1. The van der Waals surface area contributed by atoms with Gasteiger partial charge in [0, 0.05) is 12.6 Å². The number of benzene rings is 1. The Bertz CT molecular complexity index is 475. The van der Waals surface area contributed by atoms with Gasteiger partial charge in [-0.05, 0) is 43.0 Å². The topological polar surface area (TPSA) is 58.6 Å². The van der Waals surface area contributed by atoms with E-state index in [0.29, 0.717) is 12.3 Å². The van der Waals surface area contributed by atoms with Gasteiger partial charge < -0.3 is 15.2 Å². The van der Waals surface area contributed by atoms with Crippen molar-refractivity contribution < 1.29 is 14.6 Å². The molecule has 0 aromatic heterocycles. The van der Waals surface area contributed by atoms with Crippen LogP contribution in [0.4, 0.5) is 0 Å². The number of hydrogen-bond donors (Lipinski definition) is 2. The molecular formula is C17H25NO3. The molecule has 1 unspecified atom stereocenters. The van der Waals surface area contributed by atoms with Gasteiger partial charge in [0.25, 0.3) is 0 Å². The summed E-state index contributed by atoms with van der Waals surface area (Å²) >= 11 is 0. The first-order chi connectivity index (χ1) is 9.82. The van der Waals surface area contributed by atoms with Gasteiger partial charge in [-0.25, -0.2) is 0 Å². The largest absolute Gasteiger partial charge is 0.497 e. The molecule has 0 aliphatic heterocycles. The van der Waals surface area contributed by atoms with E-state index in [0.717, 1.165) is 11.3 Å². The van der Waals surface area contributed by atoms with Crippen LogP contribution in [0.25, 0.3) is 6.08 Å². The van der Waals surface area contributed by atoms with Crippen LogP contribution in [-0.2, 0) is 4.79 Å². The molecule has 116 valence electrons. The van der Waals surface area contributed by atoms with Gasteiger partial charge in [0.1, 0.15) is 5.75 Å². The first kappa shape index (κ1) is 17.2. The Balaban J connectivity index is 2.47. The van der Waals surface area contributed by atoms with Crippen molar-refractivity contribution in [2.24, 2.45) is 5.92 Å². The molecule has 1 rings (SSSR count). The zero-order valence-electron chi connectivity index (χ0n) is 13.2. The van der Waals surface area contributed by atoms with Gasteiger partial charge in [0.2, 0.25) is 5.91 Å². The molecule has 0 fully saturated rings. The van der Waals surface area contributed by atoms with Crippen LogP contribution in [0.15, 0.2) is 30.3 Å². The van der Waals surface area contributed by atoms with E-state index in [9.17, 15) is 9.90 Å². The van der Waals surface area contributed by atoms with E-state index in [1.54, 1.807) is 20.1 Å². The summed E-state index contributed by atoms with van der Waals surface area (Å²) in [6.45, 7) is 6.07. The fourth-order valence-corrected chi connectivity index (χ4v) is 2.18. The average Bonchev–Trinajstić information content (AvgIpc) is 2.42. The predicted octanol–water partition coefficient (Wildman–Crippen LogP) is 2.62. The molecular weight excluding hydrogens is 266 g/mol. The minimum atomic E-state index is -0.877. The molecule has 0 spiro atoms. The molecule has 4 nitrogen and oxygen atoms in total. The molecule has 0 heterocycles. The van der Waals surface area contributed by atoms with Gasteiger partial charge in [-0.2, -0.15) is 0 Å². The van der Waals surface area contributed by atoms with E-state index < -0.39 is 5.60 Å². The van der Waals surface area contributed by atoms with Gasteiger partial charge in [-0.3, -0.25) is 4.79 Å². The van der Waals surface area contributed by atoms with Gasteiger partial charge in [0.05, 0.1) is 12.7 Å². The fraction of sp³-hybridized carbons (Fsp3) is 0.471. The zero-order valence-corrected chi connectivity index (χ0v) is 13.2. The minimum Gasteiger partial charge on any atom is -0.497 e. The molecule has 0 saturated heterocycles. The van der Waals surface area contributed by atoms with E-state index >= 15 is 0 Å². The van der Waals surface area contributed by atoms with Crippen molar-refractivity contribution >= 4 is 12.0 Å². The van der Waals surface area contributed by atoms with Crippen molar-refractivity contribution in [3.05, 3.63) is 35.9 Å². The van der Waals surface area contributed by atoms with Crippen LogP contribution in [-0.4, -0.2) is 30.3 Å². The van der Waals surface area contributed by atoms with Crippen molar-refractivity contribution in [2.45, 2.75) is 32.8 Å². The summed E-state index contributed by atoms with van der Waals surface area (Å²) in [6, 6.07) is 7.42. The SMILES string of the molecule is COc1ccc(C=CC(=O)NCC(C)(O)CC(C)C)cc1. The molecule has 0 bridgehead atoms. The Labute approximate surface area is 126 Å². The molecule has 1 amide bonds. The molecule has 1 aromatic rings. The summed E-state index contributed by atoms with van der Waals surface area (Å²) < 4.78 is 5.07. The zero-order chi connectivity index (χ0) is 15.9. The van der Waals surface area contributed by atoms with Crippen LogP contribution in [0.5, 0.6) is 5.75 Å². The molecule has 0 aliphatic rings. The fourth-order valence-electron chi connectivity index (χ4n) is 2.18. The maximum Gasteiger partial charge on any atom is 0.244 e. The molecule has 0 aliphatic carbocycles. The average molecular weight is 291 g/mol. The van der Waals surface area contributed by atoms with Gasteiger partial charge in [-0.1, -0.05) is 26.0 Å².